The Bertz CT molecular complexity index is 291. The number of thioether (sulfide) groups is 1. The summed E-state index contributed by atoms with van der Waals surface area (Å²) in [5, 5.41) is 4.34. The average molecular weight is 222 g/mol. The quantitative estimate of drug-likeness (QED) is 0.846. The van der Waals surface area contributed by atoms with E-state index in [4.69, 9.17) is 0 Å². The van der Waals surface area contributed by atoms with Crippen molar-refractivity contribution in [1.82, 2.24) is 10.3 Å². The lowest BCUT2D eigenvalue weighted by Crippen LogP contribution is -2.22. The minimum atomic E-state index is 0.836. The first-order chi connectivity index (χ1) is 7.34. The number of aryl methyl sites for hydroxylation is 1. The number of hydrogen-bond donors (Lipinski definition) is 1. The Morgan fingerprint density at radius 2 is 2.47 bits per heavy atom. The molecular formula is C12H18N2S. The van der Waals surface area contributed by atoms with E-state index in [1.165, 1.54) is 24.2 Å². The van der Waals surface area contributed by atoms with E-state index in [2.05, 4.69) is 34.2 Å². The number of pyridine rings is 1. The summed E-state index contributed by atoms with van der Waals surface area (Å²) >= 11 is 2.10. The van der Waals surface area contributed by atoms with E-state index in [-0.39, 0.29) is 0 Å². The highest BCUT2D eigenvalue weighted by atomic mass is 32.2. The van der Waals surface area contributed by atoms with Gasteiger partial charge in [-0.05, 0) is 37.1 Å². The SMILES string of the molecule is Cc1ccc(CNCC2CCCS2)cn1. The van der Waals surface area contributed by atoms with Crippen molar-refractivity contribution in [2.75, 3.05) is 12.3 Å². The van der Waals surface area contributed by atoms with Gasteiger partial charge in [-0.25, -0.2) is 0 Å². The molecule has 2 nitrogen and oxygen atoms in total. The number of hydrogen-bond acceptors (Lipinski definition) is 3. The number of nitrogens with one attached hydrogen (secondary N) is 1. The number of aromatic nitrogens is 1. The van der Waals surface area contributed by atoms with Crippen LogP contribution >= 0.6 is 11.8 Å². The van der Waals surface area contributed by atoms with Gasteiger partial charge in [0, 0.05) is 30.2 Å². The van der Waals surface area contributed by atoms with Crippen LogP contribution in [0.4, 0.5) is 0 Å². The van der Waals surface area contributed by atoms with Crippen LogP contribution < -0.4 is 5.32 Å². The molecule has 2 rings (SSSR count). The summed E-state index contributed by atoms with van der Waals surface area (Å²) in [6, 6.07) is 4.22. The summed E-state index contributed by atoms with van der Waals surface area (Å²) in [6.45, 7) is 4.11. The normalized spacial score (nSPS) is 20.7. The highest BCUT2D eigenvalue weighted by Gasteiger charge is 2.14. The standard InChI is InChI=1S/C12H18N2S/c1-10-4-5-11(8-14-10)7-13-9-12-3-2-6-15-12/h4-5,8,12-13H,2-3,6-7,9H2,1H3. The first-order valence-electron chi connectivity index (χ1n) is 5.58. The molecule has 0 amide bonds. The number of rotatable bonds is 4. The van der Waals surface area contributed by atoms with Crippen LogP contribution in [0.1, 0.15) is 24.1 Å². The molecule has 0 spiro atoms. The molecule has 0 aromatic carbocycles. The average Bonchev–Trinajstić information content (AvgIpc) is 2.74. The summed E-state index contributed by atoms with van der Waals surface area (Å²) in [4.78, 5) is 4.28. The highest BCUT2D eigenvalue weighted by molar-refractivity contribution is 8.00. The zero-order valence-corrected chi connectivity index (χ0v) is 10.0. The summed E-state index contributed by atoms with van der Waals surface area (Å²) in [7, 11) is 0. The molecule has 0 radical (unpaired) electrons. The van der Waals surface area contributed by atoms with E-state index in [0.717, 1.165) is 24.0 Å². The zero-order chi connectivity index (χ0) is 10.5. The van der Waals surface area contributed by atoms with Gasteiger partial charge in [0.25, 0.3) is 0 Å². The van der Waals surface area contributed by atoms with Gasteiger partial charge in [0.2, 0.25) is 0 Å². The van der Waals surface area contributed by atoms with Gasteiger partial charge < -0.3 is 5.32 Å². The second kappa shape index (κ2) is 5.52. The van der Waals surface area contributed by atoms with Gasteiger partial charge >= 0.3 is 0 Å². The van der Waals surface area contributed by atoms with Crippen molar-refractivity contribution in [2.24, 2.45) is 0 Å². The largest absolute Gasteiger partial charge is 0.312 e. The molecule has 0 aliphatic carbocycles. The van der Waals surface area contributed by atoms with Crippen LogP contribution in [0.3, 0.4) is 0 Å². The zero-order valence-electron chi connectivity index (χ0n) is 9.20. The summed E-state index contributed by atoms with van der Waals surface area (Å²) < 4.78 is 0. The van der Waals surface area contributed by atoms with E-state index < -0.39 is 0 Å². The Hall–Kier alpha value is -0.540. The Morgan fingerprint density at radius 3 is 3.13 bits per heavy atom. The van der Waals surface area contributed by atoms with Crippen molar-refractivity contribution in [3.8, 4) is 0 Å². The maximum absolute atomic E-state index is 4.28. The maximum atomic E-state index is 4.28. The topological polar surface area (TPSA) is 24.9 Å². The predicted molar refractivity (Wildman–Crippen MR) is 66.2 cm³/mol. The Labute approximate surface area is 95.9 Å². The molecule has 1 atom stereocenters. The second-order valence-corrected chi connectivity index (χ2v) is 5.48. The fourth-order valence-corrected chi connectivity index (χ4v) is 3.02. The van der Waals surface area contributed by atoms with Crippen molar-refractivity contribution in [3.05, 3.63) is 29.6 Å². The minimum absolute atomic E-state index is 0.836. The van der Waals surface area contributed by atoms with E-state index in [9.17, 15) is 0 Å². The van der Waals surface area contributed by atoms with Gasteiger partial charge in [-0.1, -0.05) is 6.07 Å². The van der Waals surface area contributed by atoms with Gasteiger partial charge in [-0.3, -0.25) is 4.98 Å². The van der Waals surface area contributed by atoms with Gasteiger partial charge in [-0.2, -0.15) is 11.8 Å². The van der Waals surface area contributed by atoms with Crippen LogP contribution in [0.5, 0.6) is 0 Å². The first kappa shape index (κ1) is 11.0. The van der Waals surface area contributed by atoms with Gasteiger partial charge in [0.15, 0.2) is 0 Å². The molecule has 2 heterocycles. The fraction of sp³-hybridized carbons (Fsp3) is 0.583. The van der Waals surface area contributed by atoms with E-state index in [0.29, 0.717) is 0 Å². The molecular weight excluding hydrogens is 204 g/mol. The van der Waals surface area contributed by atoms with Crippen molar-refractivity contribution >= 4 is 11.8 Å². The second-order valence-electron chi connectivity index (χ2n) is 4.07. The van der Waals surface area contributed by atoms with Crippen LogP contribution in [0.25, 0.3) is 0 Å². The lowest BCUT2D eigenvalue weighted by molar-refractivity contribution is 0.644. The smallest absolute Gasteiger partial charge is 0.0372 e. The van der Waals surface area contributed by atoms with E-state index >= 15 is 0 Å². The van der Waals surface area contributed by atoms with Crippen molar-refractivity contribution in [3.63, 3.8) is 0 Å². The molecule has 1 aromatic heterocycles. The maximum Gasteiger partial charge on any atom is 0.0372 e. The third-order valence-corrected chi connectivity index (χ3v) is 4.10. The molecule has 82 valence electrons. The Balaban J connectivity index is 1.71. The monoisotopic (exact) mass is 222 g/mol. The van der Waals surface area contributed by atoms with Gasteiger partial charge in [-0.15, -0.1) is 0 Å². The molecule has 0 saturated carbocycles. The summed E-state index contributed by atoms with van der Waals surface area (Å²) in [6.07, 6.45) is 4.73. The van der Waals surface area contributed by atoms with Crippen molar-refractivity contribution in [2.45, 2.75) is 31.6 Å². The van der Waals surface area contributed by atoms with E-state index in [1.807, 2.05) is 13.1 Å². The first-order valence-corrected chi connectivity index (χ1v) is 6.63. The summed E-state index contributed by atoms with van der Waals surface area (Å²) in [5.74, 6) is 1.35. The molecule has 15 heavy (non-hydrogen) atoms. The molecule has 1 N–H and O–H groups in total. The highest BCUT2D eigenvalue weighted by Crippen LogP contribution is 2.25. The van der Waals surface area contributed by atoms with Crippen molar-refractivity contribution < 1.29 is 0 Å². The molecule has 1 unspecified atom stereocenters. The van der Waals surface area contributed by atoms with E-state index in [1.54, 1.807) is 0 Å². The van der Waals surface area contributed by atoms with Crippen LogP contribution in [-0.2, 0) is 6.54 Å². The molecule has 1 aliphatic rings. The molecule has 0 bridgehead atoms. The third kappa shape index (κ3) is 3.50. The van der Waals surface area contributed by atoms with Gasteiger partial charge in [0.05, 0.1) is 0 Å². The predicted octanol–water partition coefficient (Wildman–Crippen LogP) is 2.38. The van der Waals surface area contributed by atoms with Crippen LogP contribution in [0.2, 0.25) is 0 Å². The van der Waals surface area contributed by atoms with Gasteiger partial charge in [0.1, 0.15) is 0 Å². The molecule has 1 aliphatic heterocycles. The number of nitrogens with zero attached hydrogens (tertiary/aromatic N) is 1. The fourth-order valence-electron chi connectivity index (χ4n) is 1.79. The Kier molecular flexibility index (Phi) is 4.03. The third-order valence-electron chi connectivity index (χ3n) is 2.70. The van der Waals surface area contributed by atoms with Crippen molar-refractivity contribution in [1.29, 1.82) is 0 Å². The lowest BCUT2D eigenvalue weighted by Gasteiger charge is -2.09. The lowest BCUT2D eigenvalue weighted by atomic mass is 10.2. The van der Waals surface area contributed by atoms with Crippen LogP contribution in [-0.4, -0.2) is 22.5 Å². The van der Waals surface area contributed by atoms with Crippen LogP contribution in [0.15, 0.2) is 18.3 Å². The van der Waals surface area contributed by atoms with Crippen LogP contribution in [0, 0.1) is 6.92 Å². The summed E-state index contributed by atoms with van der Waals surface area (Å²) in [5.41, 5.74) is 2.37. The molecule has 1 saturated heterocycles. The minimum Gasteiger partial charge on any atom is -0.312 e. The molecule has 1 aromatic rings. The molecule has 3 heteroatoms. The molecule has 1 fully saturated rings. The Morgan fingerprint density at radius 1 is 1.53 bits per heavy atom.